The number of esters is 1. The zero-order valence-electron chi connectivity index (χ0n) is 11.4. The Morgan fingerprint density at radius 3 is 2.79 bits per heavy atom. The molecule has 0 bridgehead atoms. The lowest BCUT2D eigenvalue weighted by atomic mass is 9.84. The van der Waals surface area contributed by atoms with Gasteiger partial charge in [-0.3, -0.25) is 0 Å². The van der Waals surface area contributed by atoms with Crippen molar-refractivity contribution in [2.75, 3.05) is 0 Å². The predicted molar refractivity (Wildman–Crippen MR) is 67.3 cm³/mol. The van der Waals surface area contributed by atoms with E-state index in [4.69, 9.17) is 9.47 Å². The molecule has 2 fully saturated rings. The van der Waals surface area contributed by atoms with E-state index in [0.717, 1.165) is 29.6 Å². The van der Waals surface area contributed by atoms with Crippen molar-refractivity contribution in [2.45, 2.75) is 57.5 Å². The van der Waals surface area contributed by atoms with Crippen LogP contribution in [-0.4, -0.2) is 35.0 Å². The summed E-state index contributed by atoms with van der Waals surface area (Å²) in [5, 5.41) is 10.4. The summed E-state index contributed by atoms with van der Waals surface area (Å²) in [6.07, 6.45) is 0.856. The van der Waals surface area contributed by atoms with Crippen molar-refractivity contribution in [3.05, 3.63) is 22.3 Å². The van der Waals surface area contributed by atoms with Gasteiger partial charge in [-0.15, -0.1) is 0 Å². The molecular weight excluding hydrogens is 244 g/mol. The molecule has 4 aliphatic rings. The van der Waals surface area contributed by atoms with Gasteiger partial charge in [-0.1, -0.05) is 5.57 Å². The molecule has 0 unspecified atom stereocenters. The van der Waals surface area contributed by atoms with Crippen LogP contribution in [0.1, 0.15) is 33.6 Å². The lowest BCUT2D eigenvalue weighted by Gasteiger charge is -2.27. The fourth-order valence-electron chi connectivity index (χ4n) is 4.19. The van der Waals surface area contributed by atoms with Crippen molar-refractivity contribution in [1.29, 1.82) is 0 Å². The van der Waals surface area contributed by atoms with Crippen LogP contribution in [0.2, 0.25) is 0 Å². The van der Waals surface area contributed by atoms with E-state index in [1.54, 1.807) is 0 Å². The first-order valence-corrected chi connectivity index (χ1v) is 6.91. The molecule has 2 aliphatic heterocycles. The molecule has 1 saturated heterocycles. The molecule has 0 aromatic carbocycles. The van der Waals surface area contributed by atoms with E-state index in [-0.39, 0.29) is 29.7 Å². The largest absolute Gasteiger partial charge is 0.454 e. The fraction of sp³-hybridized carbons (Fsp3) is 0.667. The number of fused-ring (bicyclic) bond motifs is 5. The third-order valence-corrected chi connectivity index (χ3v) is 5.38. The average molecular weight is 262 g/mol. The molecule has 2 heterocycles. The smallest absolute Gasteiger partial charge is 0.334 e. The van der Waals surface area contributed by atoms with Gasteiger partial charge in [0.1, 0.15) is 23.9 Å². The van der Waals surface area contributed by atoms with Crippen LogP contribution in [0.5, 0.6) is 0 Å². The molecule has 4 nitrogen and oxygen atoms in total. The fourth-order valence-corrected chi connectivity index (χ4v) is 4.19. The zero-order valence-corrected chi connectivity index (χ0v) is 11.4. The summed E-state index contributed by atoms with van der Waals surface area (Å²) in [7, 11) is 0. The highest BCUT2D eigenvalue weighted by Gasteiger charge is 2.72. The van der Waals surface area contributed by atoms with Crippen LogP contribution in [0, 0.1) is 5.92 Å². The minimum Gasteiger partial charge on any atom is -0.454 e. The van der Waals surface area contributed by atoms with Gasteiger partial charge >= 0.3 is 5.97 Å². The first-order valence-electron chi connectivity index (χ1n) is 6.91. The van der Waals surface area contributed by atoms with Gasteiger partial charge in [0.2, 0.25) is 0 Å². The SMILES string of the molecule is CC1=C2[C@@H](O)[C@@H]3O[C@]3(C)[C@@H]2[C@H]2OC(=O)C(C)=C2CC1. The first kappa shape index (κ1) is 11.7. The Labute approximate surface area is 112 Å². The molecular formula is C15H18O4. The summed E-state index contributed by atoms with van der Waals surface area (Å²) in [4.78, 5) is 11.8. The number of allylic oxidation sites excluding steroid dienone is 1. The lowest BCUT2D eigenvalue weighted by molar-refractivity contribution is -0.142. The van der Waals surface area contributed by atoms with Crippen molar-refractivity contribution in [3.8, 4) is 0 Å². The minimum absolute atomic E-state index is 0.00796. The van der Waals surface area contributed by atoms with E-state index >= 15 is 0 Å². The number of carbonyl (C=O) groups is 1. The number of aliphatic hydroxyl groups excluding tert-OH is 1. The molecule has 0 spiro atoms. The van der Waals surface area contributed by atoms with Crippen LogP contribution in [0.3, 0.4) is 0 Å². The van der Waals surface area contributed by atoms with Gasteiger partial charge in [-0.25, -0.2) is 4.79 Å². The standard InChI is InChI=1S/C15H18O4/c1-6-4-5-8-7(2)14(17)18-12(8)10-9(6)11(16)13-15(10,3)19-13/h10-13,16H,4-5H2,1-3H3/t10-,11+,12-,13-,15+/m0/s1. The number of hydrogen-bond acceptors (Lipinski definition) is 4. The topological polar surface area (TPSA) is 59.1 Å². The van der Waals surface area contributed by atoms with Crippen molar-refractivity contribution >= 4 is 5.97 Å². The molecule has 0 aromatic rings. The Bertz CT molecular complexity index is 558. The Kier molecular flexibility index (Phi) is 2.03. The summed E-state index contributed by atoms with van der Waals surface area (Å²) < 4.78 is 11.3. The van der Waals surface area contributed by atoms with Gasteiger partial charge in [0.15, 0.2) is 0 Å². The predicted octanol–water partition coefficient (Wildman–Crippen LogP) is 1.49. The highest BCUT2D eigenvalue weighted by molar-refractivity contribution is 5.92. The molecule has 4 heteroatoms. The molecule has 2 aliphatic carbocycles. The quantitative estimate of drug-likeness (QED) is 0.408. The first-order chi connectivity index (χ1) is 8.95. The van der Waals surface area contributed by atoms with Gasteiger partial charge in [0.05, 0.1) is 5.92 Å². The molecule has 19 heavy (non-hydrogen) atoms. The zero-order chi connectivity index (χ0) is 13.5. The van der Waals surface area contributed by atoms with E-state index in [1.165, 1.54) is 5.57 Å². The van der Waals surface area contributed by atoms with Crippen molar-refractivity contribution in [2.24, 2.45) is 5.92 Å². The summed E-state index contributed by atoms with van der Waals surface area (Å²) in [5.41, 5.74) is 3.79. The average Bonchev–Trinajstić information content (AvgIpc) is 2.94. The maximum absolute atomic E-state index is 11.8. The normalized spacial score (nSPS) is 47.7. The second-order valence-electron chi connectivity index (χ2n) is 6.36. The highest BCUT2D eigenvalue weighted by Crippen LogP contribution is 2.61. The molecule has 4 rings (SSSR count). The molecule has 0 radical (unpaired) electrons. The third kappa shape index (κ3) is 1.24. The van der Waals surface area contributed by atoms with Crippen LogP contribution >= 0.6 is 0 Å². The summed E-state index contributed by atoms with van der Waals surface area (Å²) in [6, 6.07) is 0. The summed E-state index contributed by atoms with van der Waals surface area (Å²) in [6.45, 7) is 5.95. The number of rotatable bonds is 0. The second kappa shape index (κ2) is 3.30. The number of ether oxygens (including phenoxy) is 2. The molecule has 1 saturated carbocycles. The highest BCUT2D eigenvalue weighted by atomic mass is 16.6. The van der Waals surface area contributed by atoms with Gasteiger partial charge in [0, 0.05) is 5.57 Å². The summed E-state index contributed by atoms with van der Waals surface area (Å²) >= 11 is 0. The van der Waals surface area contributed by atoms with Gasteiger partial charge in [0.25, 0.3) is 0 Å². The minimum atomic E-state index is -0.533. The number of hydrogen-bond donors (Lipinski definition) is 1. The van der Waals surface area contributed by atoms with E-state index in [1.807, 2.05) is 13.8 Å². The Morgan fingerprint density at radius 1 is 1.32 bits per heavy atom. The Morgan fingerprint density at radius 2 is 2.05 bits per heavy atom. The van der Waals surface area contributed by atoms with Gasteiger partial charge in [-0.05, 0) is 44.8 Å². The summed E-state index contributed by atoms with van der Waals surface area (Å²) in [5.74, 6) is -0.215. The number of aliphatic hydroxyl groups is 1. The monoisotopic (exact) mass is 262 g/mol. The Hall–Kier alpha value is -1.13. The molecule has 1 N–H and O–H groups in total. The van der Waals surface area contributed by atoms with Gasteiger partial charge < -0.3 is 14.6 Å². The number of epoxide rings is 1. The molecule has 5 atom stereocenters. The van der Waals surface area contributed by atoms with E-state index in [9.17, 15) is 9.90 Å². The second-order valence-corrected chi connectivity index (χ2v) is 6.36. The molecule has 102 valence electrons. The third-order valence-electron chi connectivity index (χ3n) is 5.38. The van der Waals surface area contributed by atoms with Crippen LogP contribution in [0.25, 0.3) is 0 Å². The lowest BCUT2D eigenvalue weighted by Crippen LogP contribution is -2.33. The van der Waals surface area contributed by atoms with E-state index in [0.29, 0.717) is 0 Å². The van der Waals surface area contributed by atoms with Crippen molar-refractivity contribution in [1.82, 2.24) is 0 Å². The van der Waals surface area contributed by atoms with E-state index in [2.05, 4.69) is 6.92 Å². The Balaban J connectivity index is 1.87. The van der Waals surface area contributed by atoms with Gasteiger partial charge in [-0.2, -0.15) is 0 Å². The van der Waals surface area contributed by atoms with Crippen molar-refractivity contribution < 1.29 is 19.4 Å². The molecule has 0 aromatic heterocycles. The van der Waals surface area contributed by atoms with Crippen LogP contribution in [-0.2, 0) is 14.3 Å². The molecule has 0 amide bonds. The van der Waals surface area contributed by atoms with E-state index < -0.39 is 6.10 Å². The van der Waals surface area contributed by atoms with Crippen LogP contribution < -0.4 is 0 Å². The van der Waals surface area contributed by atoms with Crippen LogP contribution in [0.15, 0.2) is 22.3 Å². The number of carbonyl (C=O) groups excluding carboxylic acids is 1. The van der Waals surface area contributed by atoms with Crippen LogP contribution in [0.4, 0.5) is 0 Å². The maximum Gasteiger partial charge on any atom is 0.334 e. The van der Waals surface area contributed by atoms with Crippen molar-refractivity contribution in [3.63, 3.8) is 0 Å². The maximum atomic E-state index is 11.8.